The van der Waals surface area contributed by atoms with Gasteiger partial charge < -0.3 is 4.98 Å². The van der Waals surface area contributed by atoms with E-state index in [4.69, 9.17) is 4.98 Å². The number of aromatic amines is 1. The van der Waals surface area contributed by atoms with Crippen LogP contribution in [-0.2, 0) is 11.8 Å². The second-order valence-electron chi connectivity index (χ2n) is 7.78. The molecule has 4 heteroatoms. The SMILES string of the molecule is C=CCSc1nc2c(c(=O)[nH]1)[C@@](C)(C1CCCCC1)Cc1ccccc1-2. The zero-order valence-electron chi connectivity index (χ0n) is 15.4. The average molecular weight is 367 g/mol. The Kier molecular flexibility index (Phi) is 4.78. The molecule has 0 radical (unpaired) electrons. The zero-order chi connectivity index (χ0) is 18.1. The lowest BCUT2D eigenvalue weighted by atomic mass is 9.60. The number of hydrogen-bond donors (Lipinski definition) is 1. The first-order chi connectivity index (χ1) is 12.6. The molecule has 0 unspecified atom stereocenters. The standard InChI is InChI=1S/C22H26N2OS/c1-3-13-26-21-23-19-17-12-8-7-9-15(17)14-22(2,18(19)20(25)24-21)16-10-5-4-6-11-16/h3,7-9,12,16H,1,4-6,10-11,13-14H2,2H3,(H,23,24,25)/t22-/m1/s1. The fourth-order valence-electron chi connectivity index (χ4n) is 4.86. The first-order valence-corrected chi connectivity index (χ1v) is 10.6. The van der Waals surface area contributed by atoms with Crippen molar-refractivity contribution in [2.45, 2.75) is 56.0 Å². The van der Waals surface area contributed by atoms with Crippen molar-refractivity contribution < 1.29 is 0 Å². The molecule has 0 bridgehead atoms. The topological polar surface area (TPSA) is 45.8 Å². The molecule has 0 aliphatic heterocycles. The normalized spacial score (nSPS) is 22.5. The molecule has 136 valence electrons. The van der Waals surface area contributed by atoms with Crippen LogP contribution >= 0.6 is 11.8 Å². The van der Waals surface area contributed by atoms with E-state index in [1.807, 2.05) is 12.1 Å². The maximum Gasteiger partial charge on any atom is 0.255 e. The lowest BCUT2D eigenvalue weighted by Gasteiger charge is -2.43. The summed E-state index contributed by atoms with van der Waals surface area (Å²) < 4.78 is 0. The number of aromatic nitrogens is 2. The number of fused-ring (bicyclic) bond motifs is 3. The number of benzene rings is 1. The van der Waals surface area contributed by atoms with E-state index in [0.717, 1.165) is 29.0 Å². The van der Waals surface area contributed by atoms with E-state index in [9.17, 15) is 4.79 Å². The Labute approximate surface area is 159 Å². The molecule has 0 amide bonds. The van der Waals surface area contributed by atoms with Gasteiger partial charge in [-0.25, -0.2) is 4.98 Å². The summed E-state index contributed by atoms with van der Waals surface area (Å²) in [5, 5.41) is 0.691. The molecule has 26 heavy (non-hydrogen) atoms. The molecule has 3 nitrogen and oxygen atoms in total. The molecule has 1 heterocycles. The third kappa shape index (κ3) is 2.94. The molecule has 0 spiro atoms. The molecule has 2 aliphatic carbocycles. The maximum absolute atomic E-state index is 13.2. The van der Waals surface area contributed by atoms with Crippen molar-refractivity contribution in [2.75, 3.05) is 5.75 Å². The summed E-state index contributed by atoms with van der Waals surface area (Å²) in [7, 11) is 0. The quantitative estimate of drug-likeness (QED) is 0.465. The number of H-pyrrole nitrogens is 1. The van der Waals surface area contributed by atoms with Crippen molar-refractivity contribution in [1.29, 1.82) is 0 Å². The van der Waals surface area contributed by atoms with E-state index in [0.29, 0.717) is 11.1 Å². The van der Waals surface area contributed by atoms with Crippen LogP contribution in [0.5, 0.6) is 0 Å². The van der Waals surface area contributed by atoms with Crippen LogP contribution in [0.25, 0.3) is 11.3 Å². The van der Waals surface area contributed by atoms with Gasteiger partial charge in [0.2, 0.25) is 0 Å². The highest BCUT2D eigenvalue weighted by atomic mass is 32.2. The minimum atomic E-state index is -0.133. The van der Waals surface area contributed by atoms with E-state index >= 15 is 0 Å². The van der Waals surface area contributed by atoms with Crippen LogP contribution in [0.2, 0.25) is 0 Å². The van der Waals surface area contributed by atoms with Crippen LogP contribution < -0.4 is 5.56 Å². The largest absolute Gasteiger partial charge is 0.301 e. The Bertz CT molecular complexity index is 882. The van der Waals surface area contributed by atoms with E-state index in [1.54, 1.807) is 0 Å². The first-order valence-electron chi connectivity index (χ1n) is 9.60. The molecule has 4 rings (SSSR count). The van der Waals surface area contributed by atoms with Crippen molar-refractivity contribution in [3.05, 3.63) is 58.4 Å². The van der Waals surface area contributed by atoms with Crippen LogP contribution in [0.1, 0.15) is 50.2 Å². The van der Waals surface area contributed by atoms with Crippen LogP contribution in [0.15, 0.2) is 46.9 Å². The van der Waals surface area contributed by atoms with Gasteiger partial charge >= 0.3 is 0 Å². The molecule has 1 aromatic carbocycles. The van der Waals surface area contributed by atoms with Gasteiger partial charge in [-0.15, -0.1) is 6.58 Å². The summed E-state index contributed by atoms with van der Waals surface area (Å²) in [6.07, 6.45) is 9.07. The number of nitrogens with one attached hydrogen (secondary N) is 1. The highest BCUT2D eigenvalue weighted by molar-refractivity contribution is 7.99. The third-order valence-corrected chi connectivity index (χ3v) is 7.01. The maximum atomic E-state index is 13.2. The summed E-state index contributed by atoms with van der Waals surface area (Å²) in [6, 6.07) is 8.47. The minimum absolute atomic E-state index is 0.0455. The molecular weight excluding hydrogens is 340 g/mol. The number of hydrogen-bond acceptors (Lipinski definition) is 3. The number of nitrogens with zero attached hydrogens (tertiary/aromatic N) is 1. The fourth-order valence-corrected chi connectivity index (χ4v) is 5.46. The van der Waals surface area contributed by atoms with E-state index in [1.165, 1.54) is 49.4 Å². The van der Waals surface area contributed by atoms with Gasteiger partial charge in [-0.1, -0.05) is 68.3 Å². The highest BCUT2D eigenvalue weighted by Gasteiger charge is 2.44. The molecule has 1 saturated carbocycles. The molecule has 1 fully saturated rings. The van der Waals surface area contributed by atoms with Gasteiger partial charge in [0.05, 0.1) is 11.3 Å². The summed E-state index contributed by atoms with van der Waals surface area (Å²) in [5.41, 5.74) is 4.17. The first kappa shape index (κ1) is 17.6. The van der Waals surface area contributed by atoms with Gasteiger partial charge in [0.1, 0.15) is 0 Å². The summed E-state index contributed by atoms with van der Waals surface area (Å²) >= 11 is 1.53. The molecule has 2 aliphatic rings. The van der Waals surface area contributed by atoms with E-state index in [2.05, 4.69) is 36.7 Å². The smallest absolute Gasteiger partial charge is 0.255 e. The molecule has 2 aromatic rings. The molecule has 1 aromatic heterocycles. The van der Waals surface area contributed by atoms with Crippen molar-refractivity contribution >= 4 is 11.8 Å². The Hall–Kier alpha value is -1.81. The van der Waals surface area contributed by atoms with E-state index in [-0.39, 0.29) is 11.0 Å². The minimum Gasteiger partial charge on any atom is -0.301 e. The van der Waals surface area contributed by atoms with Crippen LogP contribution in [0.3, 0.4) is 0 Å². The van der Waals surface area contributed by atoms with Gasteiger partial charge in [0, 0.05) is 16.7 Å². The van der Waals surface area contributed by atoms with Crippen molar-refractivity contribution in [3.8, 4) is 11.3 Å². The lowest BCUT2D eigenvalue weighted by molar-refractivity contribution is 0.213. The molecule has 1 atom stereocenters. The second-order valence-corrected chi connectivity index (χ2v) is 8.79. The van der Waals surface area contributed by atoms with Gasteiger partial charge in [-0.3, -0.25) is 4.79 Å². The third-order valence-electron chi connectivity index (χ3n) is 6.14. The van der Waals surface area contributed by atoms with Gasteiger partial charge in [-0.2, -0.15) is 0 Å². The van der Waals surface area contributed by atoms with Crippen molar-refractivity contribution in [2.24, 2.45) is 5.92 Å². The van der Waals surface area contributed by atoms with Gasteiger partial charge in [0.25, 0.3) is 5.56 Å². The Morgan fingerprint density at radius 2 is 2.08 bits per heavy atom. The van der Waals surface area contributed by atoms with Crippen LogP contribution in [-0.4, -0.2) is 15.7 Å². The molecule has 1 N–H and O–H groups in total. The van der Waals surface area contributed by atoms with Crippen molar-refractivity contribution in [1.82, 2.24) is 9.97 Å². The van der Waals surface area contributed by atoms with Gasteiger partial charge in [0.15, 0.2) is 5.16 Å². The summed E-state index contributed by atoms with van der Waals surface area (Å²) in [5.74, 6) is 1.29. The predicted octanol–water partition coefficient (Wildman–Crippen LogP) is 5.11. The summed E-state index contributed by atoms with van der Waals surface area (Å²) in [4.78, 5) is 21.1. The number of thioether (sulfide) groups is 1. The Balaban J connectivity index is 1.90. The molecule has 0 saturated heterocycles. The van der Waals surface area contributed by atoms with Crippen LogP contribution in [0, 0.1) is 5.92 Å². The summed E-state index contributed by atoms with van der Waals surface area (Å²) in [6.45, 7) is 6.06. The van der Waals surface area contributed by atoms with Gasteiger partial charge in [-0.05, 0) is 30.7 Å². The zero-order valence-corrected chi connectivity index (χ0v) is 16.2. The average Bonchev–Trinajstić information content (AvgIpc) is 2.67. The fraction of sp³-hybridized carbons (Fsp3) is 0.455. The van der Waals surface area contributed by atoms with E-state index < -0.39 is 0 Å². The van der Waals surface area contributed by atoms with Crippen molar-refractivity contribution in [3.63, 3.8) is 0 Å². The lowest BCUT2D eigenvalue weighted by Crippen LogP contribution is -2.43. The predicted molar refractivity (Wildman–Crippen MR) is 109 cm³/mol. The highest BCUT2D eigenvalue weighted by Crippen LogP contribution is 2.48. The molecular formula is C22H26N2OS. The Morgan fingerprint density at radius 3 is 2.85 bits per heavy atom. The second kappa shape index (κ2) is 7.07. The Morgan fingerprint density at radius 1 is 1.31 bits per heavy atom. The number of rotatable bonds is 4. The van der Waals surface area contributed by atoms with Crippen LogP contribution in [0.4, 0.5) is 0 Å². The monoisotopic (exact) mass is 366 g/mol.